The van der Waals surface area contributed by atoms with Crippen molar-refractivity contribution in [2.75, 3.05) is 6.54 Å². The summed E-state index contributed by atoms with van der Waals surface area (Å²) in [6.45, 7) is 4.55. The van der Waals surface area contributed by atoms with Crippen LogP contribution in [0.3, 0.4) is 0 Å². The topological polar surface area (TPSA) is 65.1 Å². The molecule has 0 spiro atoms. The van der Waals surface area contributed by atoms with Gasteiger partial charge in [-0.2, -0.15) is 26.3 Å². The summed E-state index contributed by atoms with van der Waals surface area (Å²) in [4.78, 5) is 26.8. The minimum Gasteiger partial charge on any atom is -0.459 e. The molecule has 0 N–H and O–H groups in total. The Labute approximate surface area is 215 Å². The van der Waals surface area contributed by atoms with Crippen molar-refractivity contribution >= 4 is 12.1 Å². The Morgan fingerprint density at radius 1 is 0.816 bits per heavy atom. The number of benzene rings is 2. The fourth-order valence-electron chi connectivity index (χ4n) is 3.71. The van der Waals surface area contributed by atoms with Gasteiger partial charge in [0.1, 0.15) is 18.2 Å². The highest BCUT2D eigenvalue weighted by molar-refractivity contribution is 5.82. The van der Waals surface area contributed by atoms with Crippen molar-refractivity contribution in [3.05, 3.63) is 70.8 Å². The third kappa shape index (κ3) is 8.11. The summed E-state index contributed by atoms with van der Waals surface area (Å²) in [5.41, 5.74) is -1.70. The van der Waals surface area contributed by atoms with E-state index < -0.39 is 53.3 Å². The van der Waals surface area contributed by atoms with Gasteiger partial charge in [-0.05, 0) is 56.2 Å². The molecule has 1 amide bonds. The number of alkyl halides is 6. The summed E-state index contributed by atoms with van der Waals surface area (Å²) in [6, 6.07) is 7.45. The molecule has 1 fully saturated rings. The first-order valence-electron chi connectivity index (χ1n) is 11.6. The second-order valence-corrected chi connectivity index (χ2v) is 9.81. The van der Waals surface area contributed by atoms with E-state index in [-0.39, 0.29) is 26.2 Å². The summed E-state index contributed by atoms with van der Waals surface area (Å²) in [7, 11) is 0. The Morgan fingerprint density at radius 3 is 1.74 bits per heavy atom. The van der Waals surface area contributed by atoms with Crippen molar-refractivity contribution in [1.29, 1.82) is 0 Å². The van der Waals surface area contributed by atoms with Gasteiger partial charge < -0.3 is 14.2 Å². The zero-order valence-corrected chi connectivity index (χ0v) is 20.9. The van der Waals surface area contributed by atoms with Crippen LogP contribution in [0, 0.1) is 0 Å². The summed E-state index contributed by atoms with van der Waals surface area (Å²) < 4.78 is 93.0. The molecule has 3 rings (SSSR count). The fourth-order valence-corrected chi connectivity index (χ4v) is 3.71. The van der Waals surface area contributed by atoms with Crippen LogP contribution in [-0.2, 0) is 44.6 Å². The number of halogens is 6. The van der Waals surface area contributed by atoms with Crippen LogP contribution in [0.25, 0.3) is 0 Å². The minimum atomic E-state index is -4.50. The number of ether oxygens (including phenoxy) is 3. The van der Waals surface area contributed by atoms with Crippen LogP contribution in [0.5, 0.6) is 0 Å². The Morgan fingerprint density at radius 2 is 1.29 bits per heavy atom. The van der Waals surface area contributed by atoms with Crippen molar-refractivity contribution in [1.82, 2.24) is 4.90 Å². The quantitative estimate of drug-likeness (QED) is 0.311. The molecule has 12 heteroatoms. The molecule has 1 aliphatic rings. The van der Waals surface area contributed by atoms with E-state index in [9.17, 15) is 35.9 Å². The molecule has 38 heavy (non-hydrogen) atoms. The van der Waals surface area contributed by atoms with E-state index >= 15 is 0 Å². The van der Waals surface area contributed by atoms with E-state index in [0.29, 0.717) is 11.1 Å². The van der Waals surface area contributed by atoms with E-state index in [2.05, 4.69) is 0 Å². The van der Waals surface area contributed by atoms with E-state index in [1.807, 2.05) is 0 Å². The zero-order chi connectivity index (χ0) is 28.3. The molecule has 1 aliphatic heterocycles. The normalized spacial score (nSPS) is 18.4. The average molecular weight is 547 g/mol. The average Bonchev–Trinajstić information content (AvgIpc) is 3.24. The number of hydrogen-bond donors (Lipinski definition) is 0. The maximum atomic E-state index is 12.9. The van der Waals surface area contributed by atoms with Crippen LogP contribution in [0.1, 0.15) is 49.4 Å². The van der Waals surface area contributed by atoms with E-state index in [0.717, 1.165) is 29.2 Å². The lowest BCUT2D eigenvalue weighted by Crippen LogP contribution is -2.44. The maximum absolute atomic E-state index is 12.9. The predicted molar refractivity (Wildman–Crippen MR) is 123 cm³/mol. The highest BCUT2D eigenvalue weighted by atomic mass is 19.4. The molecule has 0 bridgehead atoms. The van der Waals surface area contributed by atoms with Gasteiger partial charge in [0, 0.05) is 6.42 Å². The molecule has 208 valence electrons. The molecule has 0 saturated carbocycles. The van der Waals surface area contributed by atoms with Crippen LogP contribution in [-0.4, -0.2) is 41.3 Å². The molecule has 2 aromatic rings. The molecule has 2 aromatic carbocycles. The van der Waals surface area contributed by atoms with Crippen LogP contribution >= 0.6 is 0 Å². The second kappa shape index (κ2) is 11.2. The number of likely N-dealkylation sites (tertiary alicyclic amines) is 1. The van der Waals surface area contributed by atoms with E-state index in [1.165, 1.54) is 24.3 Å². The summed E-state index contributed by atoms with van der Waals surface area (Å²) >= 11 is 0. The van der Waals surface area contributed by atoms with Gasteiger partial charge in [0.15, 0.2) is 0 Å². The largest absolute Gasteiger partial charge is 0.459 e. The highest BCUT2D eigenvalue weighted by Crippen LogP contribution is 2.31. The minimum absolute atomic E-state index is 0.0321. The highest BCUT2D eigenvalue weighted by Gasteiger charge is 2.43. The Hall–Kier alpha value is -3.28. The second-order valence-electron chi connectivity index (χ2n) is 9.81. The number of amides is 1. The third-order valence-corrected chi connectivity index (χ3v) is 5.59. The number of esters is 1. The first-order valence-corrected chi connectivity index (χ1v) is 11.6. The summed E-state index contributed by atoms with van der Waals surface area (Å²) in [5, 5.41) is 0. The third-order valence-electron chi connectivity index (χ3n) is 5.59. The number of carbonyl (C=O) groups is 2. The number of hydrogen-bond acceptors (Lipinski definition) is 5. The molecule has 1 heterocycles. The summed E-state index contributed by atoms with van der Waals surface area (Å²) in [5.74, 6) is -0.795. The molecule has 0 aromatic heterocycles. The van der Waals surface area contributed by atoms with Gasteiger partial charge in [-0.25, -0.2) is 9.59 Å². The SMILES string of the molecule is CC(C)(C)OC(=O)N1CC(OCc2ccc(C(F)(F)F)cc2)CC1C(=O)OCc1ccc(C(F)(F)F)cc1. The molecule has 2 atom stereocenters. The maximum Gasteiger partial charge on any atom is 0.416 e. The van der Waals surface area contributed by atoms with Crippen molar-refractivity contribution < 1.29 is 50.1 Å². The lowest BCUT2D eigenvalue weighted by atomic mass is 10.1. The zero-order valence-electron chi connectivity index (χ0n) is 20.9. The molecule has 1 saturated heterocycles. The monoisotopic (exact) mass is 547 g/mol. The number of nitrogens with zero attached hydrogens (tertiary/aromatic N) is 1. The van der Waals surface area contributed by atoms with E-state index in [1.54, 1.807) is 20.8 Å². The van der Waals surface area contributed by atoms with Gasteiger partial charge in [0.25, 0.3) is 0 Å². The lowest BCUT2D eigenvalue weighted by Gasteiger charge is -2.27. The van der Waals surface area contributed by atoms with Gasteiger partial charge in [0.05, 0.1) is 30.4 Å². The molecular weight excluding hydrogens is 520 g/mol. The van der Waals surface area contributed by atoms with Gasteiger partial charge >= 0.3 is 24.4 Å². The Kier molecular flexibility index (Phi) is 8.65. The van der Waals surface area contributed by atoms with Crippen LogP contribution < -0.4 is 0 Å². The van der Waals surface area contributed by atoms with E-state index in [4.69, 9.17) is 14.2 Å². The number of carbonyl (C=O) groups excluding carboxylic acids is 2. The van der Waals surface area contributed by atoms with Gasteiger partial charge in [0.2, 0.25) is 0 Å². The van der Waals surface area contributed by atoms with Crippen LogP contribution in [0.4, 0.5) is 31.1 Å². The van der Waals surface area contributed by atoms with Gasteiger partial charge in [-0.15, -0.1) is 0 Å². The van der Waals surface area contributed by atoms with Crippen molar-refractivity contribution in [3.8, 4) is 0 Å². The first kappa shape index (κ1) is 29.3. The first-order chi connectivity index (χ1) is 17.5. The lowest BCUT2D eigenvalue weighted by molar-refractivity contribution is -0.150. The van der Waals surface area contributed by atoms with Crippen LogP contribution in [0.2, 0.25) is 0 Å². The van der Waals surface area contributed by atoms with Crippen LogP contribution in [0.15, 0.2) is 48.5 Å². The molecule has 0 aliphatic carbocycles. The summed E-state index contributed by atoms with van der Waals surface area (Å²) in [6.07, 6.45) is -10.4. The van der Waals surface area contributed by atoms with Crippen molar-refractivity contribution in [3.63, 3.8) is 0 Å². The fraction of sp³-hybridized carbons (Fsp3) is 0.462. The molecular formula is C26H27F6NO5. The molecule has 2 unspecified atom stereocenters. The smallest absolute Gasteiger partial charge is 0.416 e. The predicted octanol–water partition coefficient (Wildman–Crippen LogP) is 6.36. The molecule has 6 nitrogen and oxygen atoms in total. The molecule has 0 radical (unpaired) electrons. The number of rotatable bonds is 6. The van der Waals surface area contributed by atoms with Gasteiger partial charge in [-0.1, -0.05) is 24.3 Å². The van der Waals surface area contributed by atoms with Crippen molar-refractivity contribution in [2.45, 2.75) is 70.5 Å². The Bertz CT molecular complexity index is 1110. The van der Waals surface area contributed by atoms with Gasteiger partial charge in [-0.3, -0.25) is 4.90 Å². The standard InChI is InChI=1S/C26H27F6NO5/c1-24(2,3)38-23(35)33-13-20(36-14-16-4-8-18(9-5-16)25(27,28)29)12-21(33)22(34)37-15-17-6-10-19(11-7-17)26(30,31)32/h4-11,20-21H,12-15H2,1-3H3. The Balaban J connectivity index is 1.65. The van der Waals surface area contributed by atoms with Crippen molar-refractivity contribution in [2.24, 2.45) is 0 Å².